The molecule has 1 aromatic rings. The molecule has 1 saturated carbocycles. The number of nitrogens with one attached hydrogen (secondary N) is 1. The molecular formula is C16H23NO2. The van der Waals surface area contributed by atoms with Crippen LogP contribution in [0.1, 0.15) is 35.6 Å². The van der Waals surface area contributed by atoms with Crippen LogP contribution in [0.3, 0.4) is 0 Å². The molecule has 104 valence electrons. The molecule has 1 heterocycles. The van der Waals surface area contributed by atoms with Crippen LogP contribution in [0.4, 0.5) is 0 Å². The first-order valence-electron chi connectivity index (χ1n) is 7.30. The summed E-state index contributed by atoms with van der Waals surface area (Å²) in [5.74, 6) is 1.82. The molecule has 1 atom stereocenters. The first kappa shape index (κ1) is 12.9. The zero-order valence-electron chi connectivity index (χ0n) is 11.9. The molecule has 1 aromatic carbocycles. The molecular weight excluding hydrogens is 238 g/mol. The topological polar surface area (TPSA) is 30.5 Å². The maximum atomic E-state index is 6.09. The third kappa shape index (κ3) is 3.10. The zero-order valence-corrected chi connectivity index (χ0v) is 11.9. The van der Waals surface area contributed by atoms with Crippen LogP contribution in [0.5, 0.6) is 5.75 Å². The van der Waals surface area contributed by atoms with Crippen molar-refractivity contribution < 1.29 is 9.47 Å². The van der Waals surface area contributed by atoms with Gasteiger partial charge < -0.3 is 14.8 Å². The average Bonchev–Trinajstić information content (AvgIpc) is 3.22. The van der Waals surface area contributed by atoms with E-state index in [1.54, 1.807) is 0 Å². The van der Waals surface area contributed by atoms with Gasteiger partial charge in [-0.25, -0.2) is 0 Å². The maximum absolute atomic E-state index is 6.09. The summed E-state index contributed by atoms with van der Waals surface area (Å²) < 4.78 is 12.0. The van der Waals surface area contributed by atoms with E-state index in [9.17, 15) is 0 Å². The fourth-order valence-electron chi connectivity index (χ4n) is 2.67. The van der Waals surface area contributed by atoms with Crippen LogP contribution in [0, 0.1) is 19.8 Å². The summed E-state index contributed by atoms with van der Waals surface area (Å²) in [4.78, 5) is 0. The van der Waals surface area contributed by atoms with Gasteiger partial charge in [-0.3, -0.25) is 0 Å². The summed E-state index contributed by atoms with van der Waals surface area (Å²) in [7, 11) is 0. The lowest BCUT2D eigenvalue weighted by atomic mass is 10.0. The molecule has 0 spiro atoms. The summed E-state index contributed by atoms with van der Waals surface area (Å²) in [5.41, 5.74) is 3.72. The van der Waals surface area contributed by atoms with Gasteiger partial charge in [-0.15, -0.1) is 0 Å². The first-order chi connectivity index (χ1) is 9.24. The molecule has 2 fully saturated rings. The summed E-state index contributed by atoms with van der Waals surface area (Å²) in [6.45, 7) is 7.73. The molecule has 0 radical (unpaired) electrons. The molecule has 0 bridgehead atoms. The molecule has 1 unspecified atom stereocenters. The predicted octanol–water partition coefficient (Wildman–Crippen LogP) is 2.75. The Morgan fingerprint density at radius 1 is 1.32 bits per heavy atom. The largest absolute Gasteiger partial charge is 0.493 e. The Hall–Kier alpha value is -1.06. The van der Waals surface area contributed by atoms with E-state index in [2.05, 4.69) is 31.3 Å². The second-order valence-corrected chi connectivity index (χ2v) is 5.82. The highest BCUT2D eigenvalue weighted by atomic mass is 16.5. The van der Waals surface area contributed by atoms with Crippen LogP contribution in [0.2, 0.25) is 0 Å². The molecule has 2 aliphatic rings. The minimum atomic E-state index is 0.126. The lowest BCUT2D eigenvalue weighted by molar-refractivity contribution is 0.0257. The molecule has 3 rings (SSSR count). The van der Waals surface area contributed by atoms with Crippen molar-refractivity contribution in [1.29, 1.82) is 0 Å². The van der Waals surface area contributed by atoms with Gasteiger partial charge in [0.05, 0.1) is 19.3 Å². The van der Waals surface area contributed by atoms with Gasteiger partial charge in [0.2, 0.25) is 0 Å². The van der Waals surface area contributed by atoms with Gasteiger partial charge in [0, 0.05) is 18.7 Å². The molecule has 3 nitrogen and oxygen atoms in total. The van der Waals surface area contributed by atoms with E-state index in [1.165, 1.54) is 29.5 Å². The smallest absolute Gasteiger partial charge is 0.128 e. The van der Waals surface area contributed by atoms with Crippen LogP contribution < -0.4 is 10.1 Å². The highest BCUT2D eigenvalue weighted by Crippen LogP contribution is 2.35. The Kier molecular flexibility index (Phi) is 3.76. The van der Waals surface area contributed by atoms with E-state index in [1.807, 2.05) is 0 Å². The van der Waals surface area contributed by atoms with Gasteiger partial charge in [-0.1, -0.05) is 11.6 Å². The van der Waals surface area contributed by atoms with Crippen LogP contribution in [0.25, 0.3) is 0 Å². The highest BCUT2D eigenvalue weighted by molar-refractivity contribution is 5.45. The van der Waals surface area contributed by atoms with Gasteiger partial charge in [0.1, 0.15) is 5.75 Å². The maximum Gasteiger partial charge on any atom is 0.128 e. The third-order valence-corrected chi connectivity index (χ3v) is 3.88. The number of hydrogen-bond donors (Lipinski definition) is 1. The fraction of sp³-hybridized carbons (Fsp3) is 0.625. The lowest BCUT2D eigenvalue weighted by Crippen LogP contribution is -2.33. The van der Waals surface area contributed by atoms with Gasteiger partial charge in [0.15, 0.2) is 0 Å². The number of rotatable bonds is 4. The molecule has 1 aliphatic carbocycles. The van der Waals surface area contributed by atoms with Crippen LogP contribution in [-0.2, 0) is 4.74 Å². The molecule has 1 saturated heterocycles. The van der Waals surface area contributed by atoms with Crippen molar-refractivity contribution in [3.8, 4) is 5.75 Å². The van der Waals surface area contributed by atoms with Gasteiger partial charge >= 0.3 is 0 Å². The van der Waals surface area contributed by atoms with E-state index in [4.69, 9.17) is 9.47 Å². The number of morpholine rings is 1. The standard InChI is InChI=1S/C16H23NO2/c1-11-7-12(2)16(19-10-13-3-4-13)14(8-11)15-9-17-5-6-18-15/h7-8,13,15,17H,3-6,9-10H2,1-2H3. The molecule has 1 N–H and O–H groups in total. The summed E-state index contributed by atoms with van der Waals surface area (Å²) in [6.07, 6.45) is 2.77. The Bertz CT molecular complexity index is 448. The number of ether oxygens (including phenoxy) is 2. The molecule has 0 aromatic heterocycles. The normalized spacial score (nSPS) is 23.4. The number of aryl methyl sites for hydroxylation is 2. The minimum Gasteiger partial charge on any atom is -0.493 e. The fourth-order valence-corrected chi connectivity index (χ4v) is 2.67. The first-order valence-corrected chi connectivity index (χ1v) is 7.30. The minimum absolute atomic E-state index is 0.126. The summed E-state index contributed by atoms with van der Waals surface area (Å²) in [5, 5.41) is 3.40. The van der Waals surface area contributed by atoms with E-state index in [0.717, 1.165) is 38.0 Å². The van der Waals surface area contributed by atoms with E-state index in [0.29, 0.717) is 0 Å². The van der Waals surface area contributed by atoms with Crippen molar-refractivity contribution in [3.05, 3.63) is 28.8 Å². The zero-order chi connectivity index (χ0) is 13.2. The monoisotopic (exact) mass is 261 g/mol. The molecule has 1 aliphatic heterocycles. The van der Waals surface area contributed by atoms with Crippen molar-refractivity contribution in [2.45, 2.75) is 32.8 Å². The van der Waals surface area contributed by atoms with Crippen LogP contribution >= 0.6 is 0 Å². The van der Waals surface area contributed by atoms with Crippen molar-refractivity contribution in [1.82, 2.24) is 5.32 Å². The van der Waals surface area contributed by atoms with E-state index < -0.39 is 0 Å². The average molecular weight is 261 g/mol. The summed E-state index contributed by atoms with van der Waals surface area (Å²) in [6, 6.07) is 4.41. The van der Waals surface area contributed by atoms with E-state index >= 15 is 0 Å². The van der Waals surface area contributed by atoms with Gasteiger partial charge in [0.25, 0.3) is 0 Å². The van der Waals surface area contributed by atoms with Crippen molar-refractivity contribution in [3.63, 3.8) is 0 Å². The Morgan fingerprint density at radius 3 is 2.84 bits per heavy atom. The Balaban J connectivity index is 1.85. The molecule has 3 heteroatoms. The Morgan fingerprint density at radius 2 is 2.16 bits per heavy atom. The Labute approximate surface area is 115 Å². The second-order valence-electron chi connectivity index (χ2n) is 5.82. The second kappa shape index (κ2) is 5.51. The van der Waals surface area contributed by atoms with Crippen LogP contribution in [0.15, 0.2) is 12.1 Å². The van der Waals surface area contributed by atoms with Crippen LogP contribution in [-0.4, -0.2) is 26.3 Å². The van der Waals surface area contributed by atoms with E-state index in [-0.39, 0.29) is 6.10 Å². The van der Waals surface area contributed by atoms with Crippen molar-refractivity contribution >= 4 is 0 Å². The van der Waals surface area contributed by atoms with Crippen molar-refractivity contribution in [2.75, 3.05) is 26.3 Å². The summed E-state index contributed by atoms with van der Waals surface area (Å²) >= 11 is 0. The third-order valence-electron chi connectivity index (χ3n) is 3.88. The molecule has 19 heavy (non-hydrogen) atoms. The van der Waals surface area contributed by atoms with Gasteiger partial charge in [-0.05, 0) is 44.2 Å². The highest BCUT2D eigenvalue weighted by Gasteiger charge is 2.25. The lowest BCUT2D eigenvalue weighted by Gasteiger charge is -2.27. The number of hydrogen-bond acceptors (Lipinski definition) is 3. The van der Waals surface area contributed by atoms with Gasteiger partial charge in [-0.2, -0.15) is 0 Å². The van der Waals surface area contributed by atoms with Crippen molar-refractivity contribution in [2.24, 2.45) is 5.92 Å². The quantitative estimate of drug-likeness (QED) is 0.904. The molecule has 0 amide bonds. The number of benzene rings is 1. The SMILES string of the molecule is Cc1cc(C)c(OCC2CC2)c(C2CNCCO2)c1. The predicted molar refractivity (Wildman–Crippen MR) is 75.7 cm³/mol.